The van der Waals surface area contributed by atoms with Crippen LogP contribution in [0.2, 0.25) is 0 Å². The molecule has 0 radical (unpaired) electrons. The number of hydrogen-bond donors (Lipinski definition) is 1. The van der Waals surface area contributed by atoms with Crippen LogP contribution in [0, 0.1) is 0 Å². The SMILES string of the molecule is CNCc1ccccc1-n1cnc2ccccc21. The van der Waals surface area contributed by atoms with Gasteiger partial charge in [-0.15, -0.1) is 0 Å². The molecule has 1 heterocycles. The second-order valence-electron chi connectivity index (χ2n) is 4.26. The van der Waals surface area contributed by atoms with Crippen LogP contribution >= 0.6 is 0 Å². The molecular formula is C15H15N3. The van der Waals surface area contributed by atoms with Gasteiger partial charge < -0.3 is 5.32 Å². The maximum Gasteiger partial charge on any atom is 0.100 e. The van der Waals surface area contributed by atoms with Crippen LogP contribution in [0.15, 0.2) is 54.9 Å². The molecule has 0 saturated heterocycles. The molecular weight excluding hydrogens is 222 g/mol. The second-order valence-corrected chi connectivity index (χ2v) is 4.26. The van der Waals surface area contributed by atoms with Crippen molar-refractivity contribution in [1.82, 2.24) is 14.9 Å². The van der Waals surface area contributed by atoms with Gasteiger partial charge in [-0.1, -0.05) is 30.3 Å². The van der Waals surface area contributed by atoms with Crippen molar-refractivity contribution in [3.05, 3.63) is 60.4 Å². The molecule has 1 aromatic heterocycles. The Balaban J connectivity index is 2.20. The summed E-state index contributed by atoms with van der Waals surface area (Å²) < 4.78 is 2.14. The van der Waals surface area contributed by atoms with Crippen molar-refractivity contribution in [3.63, 3.8) is 0 Å². The lowest BCUT2D eigenvalue weighted by Gasteiger charge is -2.10. The van der Waals surface area contributed by atoms with E-state index in [1.807, 2.05) is 31.6 Å². The van der Waals surface area contributed by atoms with Crippen LogP contribution < -0.4 is 5.32 Å². The number of aromatic nitrogens is 2. The smallest absolute Gasteiger partial charge is 0.100 e. The van der Waals surface area contributed by atoms with Gasteiger partial charge in [0, 0.05) is 6.54 Å². The molecule has 2 aromatic carbocycles. The van der Waals surface area contributed by atoms with Gasteiger partial charge in [-0.05, 0) is 30.8 Å². The Labute approximate surface area is 106 Å². The predicted octanol–water partition coefficient (Wildman–Crippen LogP) is 2.74. The van der Waals surface area contributed by atoms with E-state index in [1.54, 1.807) is 0 Å². The third-order valence-corrected chi connectivity index (χ3v) is 3.07. The number of rotatable bonds is 3. The van der Waals surface area contributed by atoms with E-state index < -0.39 is 0 Å². The van der Waals surface area contributed by atoms with Crippen molar-refractivity contribution in [1.29, 1.82) is 0 Å². The molecule has 0 spiro atoms. The van der Waals surface area contributed by atoms with Gasteiger partial charge in [0.05, 0.1) is 16.7 Å². The lowest BCUT2D eigenvalue weighted by molar-refractivity contribution is 0.809. The lowest BCUT2D eigenvalue weighted by atomic mass is 10.1. The predicted molar refractivity (Wildman–Crippen MR) is 73.8 cm³/mol. The highest BCUT2D eigenvalue weighted by Crippen LogP contribution is 2.20. The minimum Gasteiger partial charge on any atom is -0.316 e. The van der Waals surface area contributed by atoms with E-state index in [4.69, 9.17) is 0 Å². The standard InChI is InChI=1S/C15H15N3/c1-16-10-12-6-2-4-8-14(12)18-11-17-13-7-3-5-9-15(13)18/h2-9,11,16H,10H2,1H3. The zero-order valence-electron chi connectivity index (χ0n) is 10.3. The zero-order valence-corrected chi connectivity index (χ0v) is 10.3. The lowest BCUT2D eigenvalue weighted by Crippen LogP contribution is -2.08. The van der Waals surface area contributed by atoms with E-state index in [-0.39, 0.29) is 0 Å². The summed E-state index contributed by atoms with van der Waals surface area (Å²) in [7, 11) is 1.96. The fraction of sp³-hybridized carbons (Fsp3) is 0.133. The molecule has 0 bridgehead atoms. The molecule has 90 valence electrons. The Bertz CT molecular complexity index is 670. The maximum absolute atomic E-state index is 4.44. The van der Waals surface area contributed by atoms with Crippen LogP contribution in [0.25, 0.3) is 16.7 Å². The van der Waals surface area contributed by atoms with Gasteiger partial charge in [-0.3, -0.25) is 4.57 Å². The summed E-state index contributed by atoms with van der Waals surface area (Å²) >= 11 is 0. The summed E-state index contributed by atoms with van der Waals surface area (Å²) in [5, 5.41) is 3.20. The van der Waals surface area contributed by atoms with E-state index in [0.717, 1.165) is 17.6 Å². The van der Waals surface area contributed by atoms with Crippen LogP contribution in [-0.4, -0.2) is 16.6 Å². The van der Waals surface area contributed by atoms with Crippen molar-refractivity contribution in [2.75, 3.05) is 7.05 Å². The van der Waals surface area contributed by atoms with Crippen molar-refractivity contribution in [3.8, 4) is 5.69 Å². The first-order valence-corrected chi connectivity index (χ1v) is 6.05. The van der Waals surface area contributed by atoms with Gasteiger partial charge >= 0.3 is 0 Å². The quantitative estimate of drug-likeness (QED) is 0.759. The van der Waals surface area contributed by atoms with Gasteiger partial charge in [0.1, 0.15) is 6.33 Å². The third kappa shape index (κ3) is 1.79. The van der Waals surface area contributed by atoms with E-state index in [0.29, 0.717) is 0 Å². The maximum atomic E-state index is 4.44. The number of para-hydroxylation sites is 3. The fourth-order valence-corrected chi connectivity index (χ4v) is 2.24. The topological polar surface area (TPSA) is 29.9 Å². The van der Waals surface area contributed by atoms with Gasteiger partial charge in [0.2, 0.25) is 0 Å². The molecule has 0 atom stereocenters. The number of nitrogens with one attached hydrogen (secondary N) is 1. The van der Waals surface area contributed by atoms with Gasteiger partial charge in [0.25, 0.3) is 0 Å². The molecule has 3 rings (SSSR count). The molecule has 3 aromatic rings. The number of fused-ring (bicyclic) bond motifs is 1. The van der Waals surface area contributed by atoms with Gasteiger partial charge in [0.15, 0.2) is 0 Å². The zero-order chi connectivity index (χ0) is 12.4. The molecule has 0 amide bonds. The van der Waals surface area contributed by atoms with Crippen molar-refractivity contribution >= 4 is 11.0 Å². The highest BCUT2D eigenvalue weighted by Gasteiger charge is 2.07. The Morgan fingerprint density at radius 2 is 1.83 bits per heavy atom. The molecule has 3 heteroatoms. The Morgan fingerprint density at radius 1 is 1.06 bits per heavy atom. The Hall–Kier alpha value is -2.13. The molecule has 0 aliphatic heterocycles. The van der Waals surface area contributed by atoms with Crippen molar-refractivity contribution in [2.24, 2.45) is 0 Å². The van der Waals surface area contributed by atoms with E-state index in [2.05, 4.69) is 45.2 Å². The highest BCUT2D eigenvalue weighted by atomic mass is 15.1. The molecule has 1 N–H and O–H groups in total. The summed E-state index contributed by atoms with van der Waals surface area (Å²) in [6.45, 7) is 0.850. The average molecular weight is 237 g/mol. The normalized spacial score (nSPS) is 10.9. The number of hydrogen-bond acceptors (Lipinski definition) is 2. The first kappa shape index (κ1) is 11.0. The molecule has 0 aliphatic carbocycles. The fourth-order valence-electron chi connectivity index (χ4n) is 2.24. The van der Waals surface area contributed by atoms with Crippen LogP contribution in [0.1, 0.15) is 5.56 Å². The first-order valence-electron chi connectivity index (χ1n) is 6.05. The summed E-state index contributed by atoms with van der Waals surface area (Å²) in [6, 6.07) is 16.6. The van der Waals surface area contributed by atoms with E-state index in [1.165, 1.54) is 11.3 Å². The number of imidazole rings is 1. The minimum atomic E-state index is 0.850. The molecule has 0 unspecified atom stereocenters. The van der Waals surface area contributed by atoms with E-state index >= 15 is 0 Å². The molecule has 3 nitrogen and oxygen atoms in total. The first-order chi connectivity index (χ1) is 8.90. The largest absolute Gasteiger partial charge is 0.316 e. The van der Waals surface area contributed by atoms with Crippen molar-refractivity contribution < 1.29 is 0 Å². The summed E-state index contributed by atoms with van der Waals surface area (Å²) in [4.78, 5) is 4.44. The molecule has 0 fully saturated rings. The minimum absolute atomic E-state index is 0.850. The van der Waals surface area contributed by atoms with Gasteiger partial charge in [-0.2, -0.15) is 0 Å². The van der Waals surface area contributed by atoms with Gasteiger partial charge in [-0.25, -0.2) is 4.98 Å². The Morgan fingerprint density at radius 3 is 2.72 bits per heavy atom. The summed E-state index contributed by atoms with van der Waals surface area (Å²) in [6.07, 6.45) is 1.89. The Kier molecular flexibility index (Phi) is 2.82. The van der Waals surface area contributed by atoms with E-state index in [9.17, 15) is 0 Å². The molecule has 0 aliphatic rings. The number of benzene rings is 2. The molecule has 0 saturated carbocycles. The van der Waals surface area contributed by atoms with Crippen LogP contribution in [0.3, 0.4) is 0 Å². The third-order valence-electron chi connectivity index (χ3n) is 3.07. The summed E-state index contributed by atoms with van der Waals surface area (Å²) in [5.74, 6) is 0. The monoisotopic (exact) mass is 237 g/mol. The highest BCUT2D eigenvalue weighted by molar-refractivity contribution is 5.77. The van der Waals surface area contributed by atoms with Crippen LogP contribution in [0.5, 0.6) is 0 Å². The summed E-state index contributed by atoms with van der Waals surface area (Å²) in [5.41, 5.74) is 4.61. The number of nitrogens with zero attached hydrogens (tertiary/aromatic N) is 2. The van der Waals surface area contributed by atoms with Crippen molar-refractivity contribution in [2.45, 2.75) is 6.54 Å². The van der Waals surface area contributed by atoms with Crippen LogP contribution in [-0.2, 0) is 6.54 Å². The molecule has 18 heavy (non-hydrogen) atoms. The average Bonchev–Trinajstić information content (AvgIpc) is 2.84. The second kappa shape index (κ2) is 4.63. The van der Waals surface area contributed by atoms with Crippen LogP contribution in [0.4, 0.5) is 0 Å².